The van der Waals surface area contributed by atoms with E-state index in [9.17, 15) is 4.91 Å². The van der Waals surface area contributed by atoms with Crippen LogP contribution < -0.4 is 0 Å². The summed E-state index contributed by atoms with van der Waals surface area (Å²) in [6.07, 6.45) is 16.1. The van der Waals surface area contributed by atoms with E-state index in [2.05, 4.69) is 56.1 Å². The highest BCUT2D eigenvalue weighted by molar-refractivity contribution is 5.37. The van der Waals surface area contributed by atoms with Crippen molar-refractivity contribution in [2.24, 2.45) is 10.8 Å². The highest BCUT2D eigenvalue weighted by Gasteiger charge is 2.26. The second-order valence-electron chi connectivity index (χ2n) is 6.85. The Morgan fingerprint density at radius 1 is 1.26 bits per heavy atom. The first kappa shape index (κ1) is 19.1. The first-order chi connectivity index (χ1) is 10.9. The molecule has 0 radical (unpaired) electrons. The zero-order chi connectivity index (χ0) is 17.3. The molecule has 0 aromatic rings. The van der Waals surface area contributed by atoms with E-state index >= 15 is 0 Å². The molecule has 0 amide bonds. The summed E-state index contributed by atoms with van der Waals surface area (Å²) in [5, 5.41) is 2.36. The van der Waals surface area contributed by atoms with E-state index in [0.29, 0.717) is 0 Å². The van der Waals surface area contributed by atoms with E-state index in [0.717, 1.165) is 5.57 Å². The molecule has 126 valence electrons. The van der Waals surface area contributed by atoms with Gasteiger partial charge in [-0.1, -0.05) is 60.9 Å². The van der Waals surface area contributed by atoms with Gasteiger partial charge in [0.15, 0.2) is 5.34 Å². The largest absolute Gasteiger partial charge is 0.360 e. The Kier molecular flexibility index (Phi) is 7.73. The lowest BCUT2D eigenvalue weighted by atomic mass is 9.72. The molecule has 0 fully saturated rings. The van der Waals surface area contributed by atoms with Crippen molar-refractivity contribution in [3.63, 3.8) is 0 Å². The van der Waals surface area contributed by atoms with Crippen LogP contribution >= 0.6 is 0 Å². The van der Waals surface area contributed by atoms with Crippen LogP contribution in [-0.4, -0.2) is 6.61 Å². The maximum Gasteiger partial charge on any atom is 0.155 e. The van der Waals surface area contributed by atoms with Crippen LogP contribution in [0.5, 0.6) is 0 Å². The predicted octanol–water partition coefficient (Wildman–Crippen LogP) is 6.22. The topological polar surface area (TPSA) is 38.7 Å². The van der Waals surface area contributed by atoms with Gasteiger partial charge < -0.3 is 4.84 Å². The third-order valence-corrected chi connectivity index (χ3v) is 4.31. The molecule has 0 N–H and O–H groups in total. The summed E-state index contributed by atoms with van der Waals surface area (Å²) in [6, 6.07) is 0. The number of hydrogen-bond donors (Lipinski definition) is 0. The number of hydrogen-bond acceptors (Lipinski definition) is 3. The molecule has 3 nitrogen and oxygen atoms in total. The molecule has 0 aliphatic heterocycles. The fourth-order valence-electron chi connectivity index (χ4n) is 2.90. The van der Waals surface area contributed by atoms with Crippen LogP contribution in [0.25, 0.3) is 0 Å². The molecule has 0 bridgehead atoms. The molecule has 0 atom stereocenters. The summed E-state index contributed by atoms with van der Waals surface area (Å²) >= 11 is 0. The molecule has 0 unspecified atom stereocenters. The molecule has 0 aromatic carbocycles. The van der Waals surface area contributed by atoms with Crippen molar-refractivity contribution < 1.29 is 4.84 Å². The molecule has 0 saturated carbocycles. The summed E-state index contributed by atoms with van der Waals surface area (Å²) in [5.41, 5.74) is 5.52. The summed E-state index contributed by atoms with van der Waals surface area (Å²) in [6.45, 7) is 11.2. The smallest absolute Gasteiger partial charge is 0.155 e. The molecular weight excluding hydrogens is 286 g/mol. The van der Waals surface area contributed by atoms with E-state index in [1.54, 1.807) is 0 Å². The average Bonchev–Trinajstić information content (AvgIpc) is 2.46. The Morgan fingerprint density at radius 3 is 2.65 bits per heavy atom. The van der Waals surface area contributed by atoms with Crippen molar-refractivity contribution in [2.75, 3.05) is 6.61 Å². The minimum atomic E-state index is 0.213. The van der Waals surface area contributed by atoms with Gasteiger partial charge in [0.1, 0.15) is 6.61 Å². The van der Waals surface area contributed by atoms with E-state index in [-0.39, 0.29) is 12.0 Å². The lowest BCUT2D eigenvalue weighted by Crippen LogP contribution is -2.19. The van der Waals surface area contributed by atoms with Crippen molar-refractivity contribution in [3.8, 4) is 0 Å². The van der Waals surface area contributed by atoms with Gasteiger partial charge in [-0.15, -0.1) is 4.91 Å². The maximum absolute atomic E-state index is 9.82. The monoisotopic (exact) mass is 315 g/mol. The Morgan fingerprint density at radius 2 is 2.00 bits per heavy atom. The van der Waals surface area contributed by atoms with Crippen LogP contribution in [0.2, 0.25) is 0 Å². The van der Waals surface area contributed by atoms with Crippen molar-refractivity contribution in [1.82, 2.24) is 0 Å². The van der Waals surface area contributed by atoms with Gasteiger partial charge in [0, 0.05) is 0 Å². The average molecular weight is 315 g/mol. The lowest BCUT2D eigenvalue weighted by Gasteiger charge is -2.32. The van der Waals surface area contributed by atoms with Crippen LogP contribution in [0.15, 0.2) is 64.1 Å². The molecule has 3 heteroatoms. The lowest BCUT2D eigenvalue weighted by molar-refractivity contribution is 0.169. The maximum atomic E-state index is 9.82. The molecule has 0 spiro atoms. The molecule has 1 rings (SSSR count). The van der Waals surface area contributed by atoms with Gasteiger partial charge in [-0.3, -0.25) is 0 Å². The van der Waals surface area contributed by atoms with E-state index < -0.39 is 0 Å². The van der Waals surface area contributed by atoms with Gasteiger partial charge in [-0.05, 0) is 57.1 Å². The zero-order valence-electron chi connectivity index (χ0n) is 15.1. The summed E-state index contributed by atoms with van der Waals surface area (Å²) in [4.78, 5) is 14.2. The first-order valence-corrected chi connectivity index (χ1v) is 8.21. The van der Waals surface area contributed by atoms with Gasteiger partial charge in [0.25, 0.3) is 0 Å². The van der Waals surface area contributed by atoms with Crippen LogP contribution in [0.3, 0.4) is 0 Å². The SMILES string of the molecule is CC1=C(/C=C/C(C)=C/C=C/C(C)=C/CON=O)C(C)(C)CCC1. The molecule has 23 heavy (non-hydrogen) atoms. The van der Waals surface area contributed by atoms with Gasteiger partial charge in [0.05, 0.1) is 0 Å². The molecule has 0 heterocycles. The standard InChI is InChI=1S/C20H29NO2/c1-16(8-6-9-17(2)13-15-23-21-22)11-12-19-18(3)10-7-14-20(19,4)5/h6,8-9,11-13H,7,10,14-15H2,1-5H3/b9-6+,12-11+,16-8+,17-13+. The van der Waals surface area contributed by atoms with E-state index in [4.69, 9.17) is 0 Å². The molecule has 1 aliphatic carbocycles. The van der Waals surface area contributed by atoms with Crippen molar-refractivity contribution in [1.29, 1.82) is 0 Å². The summed E-state index contributed by atoms with van der Waals surface area (Å²) in [7, 11) is 0. The molecule has 0 saturated heterocycles. The Bertz CT molecular complexity index is 560. The van der Waals surface area contributed by atoms with Crippen LogP contribution in [0.4, 0.5) is 0 Å². The van der Waals surface area contributed by atoms with Gasteiger partial charge in [-0.2, -0.15) is 0 Å². The van der Waals surface area contributed by atoms with Crippen LogP contribution in [-0.2, 0) is 4.84 Å². The second-order valence-corrected chi connectivity index (χ2v) is 6.85. The third-order valence-electron chi connectivity index (χ3n) is 4.31. The van der Waals surface area contributed by atoms with Crippen LogP contribution in [0, 0.1) is 10.3 Å². The van der Waals surface area contributed by atoms with Crippen molar-refractivity contribution >= 4 is 0 Å². The van der Waals surface area contributed by atoms with Gasteiger partial charge >= 0.3 is 0 Å². The Labute approximate surface area is 140 Å². The molecular formula is C20H29NO2. The quantitative estimate of drug-likeness (QED) is 0.242. The number of nitrogens with zero attached hydrogens (tertiary/aromatic N) is 1. The highest BCUT2D eigenvalue weighted by Crippen LogP contribution is 2.40. The predicted molar refractivity (Wildman–Crippen MR) is 97.9 cm³/mol. The van der Waals surface area contributed by atoms with Crippen molar-refractivity contribution in [3.05, 3.63) is 63.7 Å². The minimum Gasteiger partial charge on any atom is -0.360 e. The second kappa shape index (κ2) is 9.29. The summed E-state index contributed by atoms with van der Waals surface area (Å²) < 4.78 is 0. The minimum absolute atomic E-state index is 0.213. The third kappa shape index (κ3) is 6.81. The van der Waals surface area contributed by atoms with Crippen LogP contribution in [0.1, 0.15) is 53.9 Å². The Balaban J connectivity index is 2.69. The molecule has 1 aliphatic rings. The normalized spacial score (nSPS) is 19.7. The van der Waals surface area contributed by atoms with Gasteiger partial charge in [-0.25, -0.2) is 0 Å². The Hall–Kier alpha value is -1.90. The van der Waals surface area contributed by atoms with E-state index in [1.807, 2.05) is 25.2 Å². The number of rotatable bonds is 7. The van der Waals surface area contributed by atoms with E-state index in [1.165, 1.54) is 36.0 Å². The number of allylic oxidation sites excluding steroid dienone is 9. The fourth-order valence-corrected chi connectivity index (χ4v) is 2.90. The zero-order valence-corrected chi connectivity index (χ0v) is 15.1. The van der Waals surface area contributed by atoms with Crippen molar-refractivity contribution in [2.45, 2.75) is 53.9 Å². The summed E-state index contributed by atoms with van der Waals surface area (Å²) in [5.74, 6) is 0. The highest BCUT2D eigenvalue weighted by atomic mass is 16.7. The molecule has 0 aromatic heterocycles. The fraction of sp³-hybridized carbons (Fsp3) is 0.500. The first-order valence-electron chi connectivity index (χ1n) is 8.21. The van der Waals surface area contributed by atoms with Gasteiger partial charge in [0.2, 0.25) is 0 Å².